The first kappa shape index (κ1) is 19.3. The minimum Gasteiger partial charge on any atom is -0.472 e. The van der Waals surface area contributed by atoms with Crippen molar-refractivity contribution >= 4 is 21.8 Å². The van der Waals surface area contributed by atoms with E-state index in [9.17, 15) is 17.2 Å². The maximum atomic E-state index is 13.7. The van der Waals surface area contributed by atoms with Crippen molar-refractivity contribution in [2.45, 2.75) is 11.8 Å². The van der Waals surface area contributed by atoms with Crippen molar-refractivity contribution in [3.8, 4) is 0 Å². The molecule has 1 N–H and O–H groups in total. The van der Waals surface area contributed by atoms with Crippen molar-refractivity contribution in [1.29, 1.82) is 0 Å². The van der Waals surface area contributed by atoms with E-state index in [4.69, 9.17) is 4.42 Å². The summed E-state index contributed by atoms with van der Waals surface area (Å²) < 4.78 is 59.4. The standard InChI is InChI=1S/C17H20F2N2O3S2/c18-15-1-2-16(19)14(9-15)12-26(22,23)20-10-17(13-3-6-24-11-13)21-4-7-25-8-5-21/h1-3,6,9,11,17,20H,4-5,7-8,10,12H2. The Bertz CT molecular complexity index is 823. The minimum atomic E-state index is -3.82. The summed E-state index contributed by atoms with van der Waals surface area (Å²) in [5.41, 5.74) is 0.697. The van der Waals surface area contributed by atoms with Gasteiger partial charge in [-0.2, -0.15) is 11.8 Å². The Morgan fingerprint density at radius 1 is 1.23 bits per heavy atom. The summed E-state index contributed by atoms with van der Waals surface area (Å²) in [4.78, 5) is 2.20. The largest absolute Gasteiger partial charge is 0.472 e. The van der Waals surface area contributed by atoms with Crippen LogP contribution >= 0.6 is 11.8 Å². The molecule has 9 heteroatoms. The molecular formula is C17H20F2N2O3S2. The van der Waals surface area contributed by atoms with Gasteiger partial charge in [0.15, 0.2) is 0 Å². The maximum Gasteiger partial charge on any atom is 0.215 e. The fourth-order valence-electron chi connectivity index (χ4n) is 2.93. The molecule has 1 unspecified atom stereocenters. The molecule has 2 heterocycles. The molecule has 1 saturated heterocycles. The van der Waals surface area contributed by atoms with Crippen LogP contribution in [0.5, 0.6) is 0 Å². The lowest BCUT2D eigenvalue weighted by Gasteiger charge is -2.33. The molecule has 26 heavy (non-hydrogen) atoms. The van der Waals surface area contributed by atoms with Crippen LogP contribution < -0.4 is 4.72 Å². The number of nitrogens with one attached hydrogen (secondary N) is 1. The van der Waals surface area contributed by atoms with Crippen LogP contribution in [0.2, 0.25) is 0 Å². The van der Waals surface area contributed by atoms with Crippen LogP contribution in [0.25, 0.3) is 0 Å². The summed E-state index contributed by atoms with van der Waals surface area (Å²) >= 11 is 1.86. The lowest BCUT2D eigenvalue weighted by Crippen LogP contribution is -2.42. The monoisotopic (exact) mass is 402 g/mol. The molecule has 1 aromatic carbocycles. The van der Waals surface area contributed by atoms with Gasteiger partial charge in [0.1, 0.15) is 11.6 Å². The molecule has 1 aliphatic heterocycles. The van der Waals surface area contributed by atoms with Crippen molar-refractivity contribution < 1.29 is 21.6 Å². The second-order valence-corrected chi connectivity index (χ2v) is 9.10. The molecule has 1 atom stereocenters. The molecule has 0 saturated carbocycles. The molecule has 1 aliphatic rings. The number of halogens is 2. The molecule has 142 valence electrons. The Balaban J connectivity index is 1.70. The Morgan fingerprint density at radius 3 is 2.69 bits per heavy atom. The number of sulfonamides is 1. The fraction of sp³-hybridized carbons (Fsp3) is 0.412. The highest BCUT2D eigenvalue weighted by atomic mass is 32.2. The maximum absolute atomic E-state index is 13.7. The van der Waals surface area contributed by atoms with Crippen LogP contribution in [-0.4, -0.2) is 44.5 Å². The topological polar surface area (TPSA) is 62.6 Å². The normalized spacial score (nSPS) is 17.3. The zero-order valence-electron chi connectivity index (χ0n) is 14.0. The van der Waals surface area contributed by atoms with Crippen LogP contribution in [0.15, 0.2) is 41.2 Å². The van der Waals surface area contributed by atoms with E-state index in [2.05, 4.69) is 9.62 Å². The summed E-state index contributed by atoms with van der Waals surface area (Å²) in [6, 6.07) is 4.45. The molecular weight excluding hydrogens is 382 g/mol. The first-order chi connectivity index (χ1) is 12.4. The van der Waals surface area contributed by atoms with Crippen LogP contribution in [0.4, 0.5) is 8.78 Å². The lowest BCUT2D eigenvalue weighted by atomic mass is 10.1. The Labute approximate surface area is 155 Å². The molecule has 3 rings (SSSR count). The minimum absolute atomic E-state index is 0.142. The highest BCUT2D eigenvalue weighted by molar-refractivity contribution is 7.99. The first-order valence-electron chi connectivity index (χ1n) is 8.20. The van der Waals surface area contributed by atoms with E-state index in [0.29, 0.717) is 0 Å². The van der Waals surface area contributed by atoms with E-state index in [0.717, 1.165) is 48.4 Å². The van der Waals surface area contributed by atoms with Gasteiger partial charge in [-0.25, -0.2) is 21.9 Å². The highest BCUT2D eigenvalue weighted by Gasteiger charge is 2.25. The molecule has 0 bridgehead atoms. The van der Waals surface area contributed by atoms with E-state index in [-0.39, 0.29) is 18.2 Å². The average molecular weight is 402 g/mol. The SMILES string of the molecule is O=S(=O)(Cc1cc(F)ccc1F)NCC(c1ccoc1)N1CCSCC1. The van der Waals surface area contributed by atoms with Crippen LogP contribution in [0, 0.1) is 11.6 Å². The third-order valence-corrected chi connectivity index (χ3v) is 6.50. The smallest absolute Gasteiger partial charge is 0.215 e. The second kappa shape index (κ2) is 8.51. The molecule has 0 amide bonds. The van der Waals surface area contributed by atoms with Crippen molar-refractivity contribution in [2.24, 2.45) is 0 Å². The van der Waals surface area contributed by atoms with Crippen molar-refractivity contribution in [3.05, 3.63) is 59.6 Å². The Morgan fingerprint density at radius 2 is 2.00 bits per heavy atom. The second-order valence-electron chi connectivity index (χ2n) is 6.06. The van der Waals surface area contributed by atoms with E-state index < -0.39 is 27.4 Å². The third kappa shape index (κ3) is 5.06. The average Bonchev–Trinajstić information content (AvgIpc) is 3.13. The predicted octanol–water partition coefficient (Wildman–Crippen LogP) is 2.77. The molecule has 5 nitrogen and oxygen atoms in total. The van der Waals surface area contributed by atoms with Gasteiger partial charge in [0.05, 0.1) is 24.3 Å². The van der Waals surface area contributed by atoms with Crippen molar-refractivity contribution in [3.63, 3.8) is 0 Å². The van der Waals surface area contributed by atoms with Gasteiger partial charge in [0.2, 0.25) is 10.0 Å². The Kier molecular flexibility index (Phi) is 6.33. The molecule has 1 aromatic heterocycles. The van der Waals surface area contributed by atoms with E-state index in [1.807, 2.05) is 17.8 Å². The third-order valence-electron chi connectivity index (χ3n) is 4.26. The molecule has 1 fully saturated rings. The summed E-state index contributed by atoms with van der Waals surface area (Å²) in [6.45, 7) is 1.84. The van der Waals surface area contributed by atoms with E-state index in [1.54, 1.807) is 12.5 Å². The lowest BCUT2D eigenvalue weighted by molar-refractivity contribution is 0.218. The predicted molar refractivity (Wildman–Crippen MR) is 97.3 cm³/mol. The van der Waals surface area contributed by atoms with Gasteiger partial charge in [0.25, 0.3) is 0 Å². The van der Waals surface area contributed by atoms with Crippen LogP contribution in [0.1, 0.15) is 17.2 Å². The summed E-state index contributed by atoms with van der Waals surface area (Å²) in [5.74, 6) is -0.0506. The number of rotatable bonds is 7. The number of hydrogen-bond donors (Lipinski definition) is 1. The molecule has 2 aromatic rings. The van der Waals surface area contributed by atoms with Crippen molar-refractivity contribution in [2.75, 3.05) is 31.1 Å². The number of benzene rings is 1. The van der Waals surface area contributed by atoms with Gasteiger partial charge in [0, 0.05) is 42.3 Å². The summed E-state index contributed by atoms with van der Waals surface area (Å²) in [7, 11) is -3.82. The van der Waals surface area contributed by atoms with Crippen LogP contribution in [0.3, 0.4) is 0 Å². The Hall–Kier alpha value is -1.42. The number of nitrogens with zero attached hydrogens (tertiary/aromatic N) is 1. The molecule has 0 spiro atoms. The zero-order chi connectivity index (χ0) is 18.6. The van der Waals surface area contributed by atoms with Gasteiger partial charge < -0.3 is 4.42 Å². The van der Waals surface area contributed by atoms with Gasteiger partial charge in [-0.1, -0.05) is 0 Å². The number of hydrogen-bond acceptors (Lipinski definition) is 5. The van der Waals surface area contributed by atoms with Gasteiger partial charge in [-0.05, 0) is 24.3 Å². The number of furan rings is 1. The number of thioether (sulfide) groups is 1. The fourth-order valence-corrected chi connectivity index (χ4v) is 5.00. The molecule has 0 radical (unpaired) electrons. The first-order valence-corrected chi connectivity index (χ1v) is 11.0. The highest BCUT2D eigenvalue weighted by Crippen LogP contribution is 2.24. The molecule has 0 aliphatic carbocycles. The van der Waals surface area contributed by atoms with Gasteiger partial charge in [-0.3, -0.25) is 4.90 Å². The van der Waals surface area contributed by atoms with Crippen molar-refractivity contribution in [1.82, 2.24) is 9.62 Å². The summed E-state index contributed by atoms with van der Waals surface area (Å²) in [6.07, 6.45) is 3.16. The van der Waals surface area contributed by atoms with E-state index >= 15 is 0 Å². The quantitative estimate of drug-likeness (QED) is 0.772. The van der Waals surface area contributed by atoms with E-state index in [1.165, 1.54) is 0 Å². The van der Waals surface area contributed by atoms with Gasteiger partial charge >= 0.3 is 0 Å². The zero-order valence-corrected chi connectivity index (χ0v) is 15.7. The van der Waals surface area contributed by atoms with Gasteiger partial charge in [-0.15, -0.1) is 0 Å². The summed E-state index contributed by atoms with van der Waals surface area (Å²) in [5, 5.41) is 0. The van der Waals surface area contributed by atoms with Crippen LogP contribution in [-0.2, 0) is 15.8 Å².